The Morgan fingerprint density at radius 2 is 2.43 bits per heavy atom. The molecular formula is C4H7FO2. The number of rotatable bonds is 2. The Morgan fingerprint density at radius 3 is 2.57 bits per heavy atom. The lowest BCUT2D eigenvalue weighted by Crippen LogP contribution is -2.35. The molecule has 0 aromatic heterocycles. The van der Waals surface area contributed by atoms with Gasteiger partial charge in [-0.05, 0) is 0 Å². The Balaban J connectivity index is 1.93. The highest BCUT2D eigenvalue weighted by molar-refractivity contribution is 4.62. The van der Waals surface area contributed by atoms with Crippen LogP contribution in [0.5, 0.6) is 0 Å². The molecule has 2 nitrogen and oxygen atoms in total. The van der Waals surface area contributed by atoms with Gasteiger partial charge in [0.05, 0.1) is 13.2 Å². The van der Waals surface area contributed by atoms with Crippen molar-refractivity contribution in [2.75, 3.05) is 20.1 Å². The summed E-state index contributed by atoms with van der Waals surface area (Å²) in [6, 6.07) is 0. The third-order valence-corrected chi connectivity index (χ3v) is 0.906. The average molecular weight is 106 g/mol. The fourth-order valence-corrected chi connectivity index (χ4v) is 0.399. The summed E-state index contributed by atoms with van der Waals surface area (Å²) < 4.78 is 20.4. The molecule has 0 bridgehead atoms. The highest BCUT2D eigenvalue weighted by Gasteiger charge is 2.17. The zero-order valence-corrected chi connectivity index (χ0v) is 3.89. The van der Waals surface area contributed by atoms with E-state index in [1.807, 2.05) is 0 Å². The summed E-state index contributed by atoms with van der Waals surface area (Å²) in [5.74, 6) is 0. The van der Waals surface area contributed by atoms with Gasteiger partial charge in [0, 0.05) is 0 Å². The van der Waals surface area contributed by atoms with E-state index in [-0.39, 0.29) is 6.10 Å². The lowest BCUT2D eigenvalue weighted by molar-refractivity contribution is -0.148. The van der Waals surface area contributed by atoms with Gasteiger partial charge < -0.3 is 9.47 Å². The molecule has 1 aliphatic rings. The molecule has 0 unspecified atom stereocenters. The van der Waals surface area contributed by atoms with Crippen LogP contribution in [-0.2, 0) is 9.47 Å². The molecular weight excluding hydrogens is 99.0 g/mol. The summed E-state index contributed by atoms with van der Waals surface area (Å²) in [4.78, 5) is 0. The van der Waals surface area contributed by atoms with Crippen LogP contribution in [0.1, 0.15) is 0 Å². The molecule has 0 amide bonds. The maximum atomic E-state index is 11.2. The lowest BCUT2D eigenvalue weighted by Gasteiger charge is -2.24. The highest BCUT2D eigenvalue weighted by Crippen LogP contribution is 2.03. The fraction of sp³-hybridized carbons (Fsp3) is 1.00. The first-order chi connectivity index (χ1) is 3.43. The van der Waals surface area contributed by atoms with Crippen molar-refractivity contribution >= 4 is 0 Å². The van der Waals surface area contributed by atoms with Gasteiger partial charge in [0.25, 0.3) is 0 Å². The third kappa shape index (κ3) is 1.11. The fourth-order valence-electron chi connectivity index (χ4n) is 0.399. The maximum Gasteiger partial charge on any atom is 0.188 e. The third-order valence-electron chi connectivity index (χ3n) is 0.906. The van der Waals surface area contributed by atoms with Gasteiger partial charge in [-0.15, -0.1) is 0 Å². The van der Waals surface area contributed by atoms with Gasteiger partial charge in [-0.1, -0.05) is 0 Å². The summed E-state index contributed by atoms with van der Waals surface area (Å²) in [6.07, 6.45) is 0.0324. The Hall–Kier alpha value is -0.150. The minimum Gasteiger partial charge on any atom is -0.376 e. The van der Waals surface area contributed by atoms with E-state index in [9.17, 15) is 4.39 Å². The molecule has 1 heterocycles. The van der Waals surface area contributed by atoms with Crippen molar-refractivity contribution in [2.24, 2.45) is 0 Å². The van der Waals surface area contributed by atoms with Crippen LogP contribution in [-0.4, -0.2) is 26.2 Å². The molecule has 0 spiro atoms. The van der Waals surface area contributed by atoms with E-state index in [1.165, 1.54) is 0 Å². The summed E-state index contributed by atoms with van der Waals surface area (Å²) in [5.41, 5.74) is 0. The van der Waals surface area contributed by atoms with Crippen LogP contribution in [0.15, 0.2) is 0 Å². The number of halogens is 1. The molecule has 0 saturated carbocycles. The predicted octanol–water partition coefficient (Wildman–Crippen LogP) is 0.329. The van der Waals surface area contributed by atoms with Gasteiger partial charge in [0.1, 0.15) is 6.10 Å². The quantitative estimate of drug-likeness (QED) is 0.505. The first-order valence-corrected chi connectivity index (χ1v) is 2.19. The highest BCUT2D eigenvalue weighted by atomic mass is 19.1. The van der Waals surface area contributed by atoms with Gasteiger partial charge in [0.2, 0.25) is 0 Å². The van der Waals surface area contributed by atoms with E-state index in [0.29, 0.717) is 13.2 Å². The van der Waals surface area contributed by atoms with Gasteiger partial charge in [-0.25, -0.2) is 4.39 Å². The van der Waals surface area contributed by atoms with E-state index in [4.69, 9.17) is 4.74 Å². The molecule has 0 aromatic rings. The molecule has 0 aromatic carbocycles. The molecule has 0 aliphatic carbocycles. The van der Waals surface area contributed by atoms with Gasteiger partial charge >= 0.3 is 0 Å². The molecule has 1 fully saturated rings. The zero-order chi connectivity index (χ0) is 5.11. The minimum absolute atomic E-state index is 0.0324. The van der Waals surface area contributed by atoms with E-state index < -0.39 is 6.86 Å². The van der Waals surface area contributed by atoms with Crippen LogP contribution in [0, 0.1) is 0 Å². The molecule has 1 aliphatic heterocycles. The Morgan fingerprint density at radius 1 is 1.71 bits per heavy atom. The van der Waals surface area contributed by atoms with Gasteiger partial charge in [-0.2, -0.15) is 0 Å². The van der Waals surface area contributed by atoms with Crippen molar-refractivity contribution in [1.82, 2.24) is 0 Å². The van der Waals surface area contributed by atoms with E-state index in [2.05, 4.69) is 4.74 Å². The lowest BCUT2D eigenvalue weighted by atomic mass is 10.3. The largest absolute Gasteiger partial charge is 0.376 e. The second-order valence-corrected chi connectivity index (χ2v) is 1.44. The molecule has 0 N–H and O–H groups in total. The van der Waals surface area contributed by atoms with Crippen LogP contribution in [0.25, 0.3) is 0 Å². The number of alkyl halides is 1. The first-order valence-electron chi connectivity index (χ1n) is 2.19. The average Bonchev–Trinajstić information content (AvgIpc) is 1.55. The minimum atomic E-state index is -0.686. The van der Waals surface area contributed by atoms with Gasteiger partial charge in [-0.3, -0.25) is 0 Å². The second-order valence-electron chi connectivity index (χ2n) is 1.44. The maximum absolute atomic E-state index is 11.2. The van der Waals surface area contributed by atoms with Crippen molar-refractivity contribution in [3.63, 3.8) is 0 Å². The van der Waals surface area contributed by atoms with Crippen LogP contribution in [0.3, 0.4) is 0 Å². The normalized spacial score (nSPS) is 21.9. The molecule has 1 rings (SSSR count). The zero-order valence-electron chi connectivity index (χ0n) is 3.89. The van der Waals surface area contributed by atoms with Crippen molar-refractivity contribution in [1.29, 1.82) is 0 Å². The van der Waals surface area contributed by atoms with Crippen molar-refractivity contribution in [3.05, 3.63) is 0 Å². The number of ether oxygens (including phenoxy) is 2. The number of hydrogen-bond donors (Lipinski definition) is 0. The molecule has 3 heteroatoms. The summed E-state index contributed by atoms with van der Waals surface area (Å²) >= 11 is 0. The smallest absolute Gasteiger partial charge is 0.188 e. The first kappa shape index (κ1) is 5.00. The predicted molar refractivity (Wildman–Crippen MR) is 21.7 cm³/mol. The van der Waals surface area contributed by atoms with Crippen LogP contribution in [0.4, 0.5) is 4.39 Å². The van der Waals surface area contributed by atoms with E-state index in [0.717, 1.165) is 0 Å². The van der Waals surface area contributed by atoms with Crippen molar-refractivity contribution in [3.8, 4) is 0 Å². The van der Waals surface area contributed by atoms with Gasteiger partial charge in [0.15, 0.2) is 6.86 Å². The summed E-state index contributed by atoms with van der Waals surface area (Å²) in [7, 11) is 0. The molecule has 0 atom stereocenters. The Bertz CT molecular complexity index is 53.7. The summed E-state index contributed by atoms with van der Waals surface area (Å²) in [6.45, 7) is 0.432. The standard InChI is InChI=1S/C4H7FO2/c5-3-7-4-1-6-2-4/h4H,1-3H2. The van der Waals surface area contributed by atoms with E-state index in [1.54, 1.807) is 0 Å². The summed E-state index contributed by atoms with van der Waals surface area (Å²) in [5, 5.41) is 0. The Labute approximate surface area is 41.2 Å². The monoisotopic (exact) mass is 106 g/mol. The SMILES string of the molecule is FCOC1COC1. The Kier molecular flexibility index (Phi) is 1.59. The van der Waals surface area contributed by atoms with Crippen molar-refractivity contribution < 1.29 is 13.9 Å². The van der Waals surface area contributed by atoms with Crippen LogP contribution < -0.4 is 0 Å². The molecule has 42 valence electrons. The second kappa shape index (κ2) is 2.23. The molecule has 0 radical (unpaired) electrons. The van der Waals surface area contributed by atoms with Crippen LogP contribution >= 0.6 is 0 Å². The number of hydrogen-bond acceptors (Lipinski definition) is 2. The molecule has 7 heavy (non-hydrogen) atoms. The topological polar surface area (TPSA) is 18.5 Å². The van der Waals surface area contributed by atoms with Crippen molar-refractivity contribution in [2.45, 2.75) is 6.10 Å². The van der Waals surface area contributed by atoms with Crippen LogP contribution in [0.2, 0.25) is 0 Å². The van der Waals surface area contributed by atoms with E-state index >= 15 is 0 Å². The molecule has 1 saturated heterocycles.